The minimum Gasteiger partial charge on any atom is -0.493 e. The predicted molar refractivity (Wildman–Crippen MR) is 149 cm³/mol. The van der Waals surface area contributed by atoms with Gasteiger partial charge in [-0.1, -0.05) is 61.4 Å². The number of rotatable bonds is 12. The summed E-state index contributed by atoms with van der Waals surface area (Å²) in [6, 6.07) is 20.9. The number of carbonyl (C=O) groups is 2. The van der Waals surface area contributed by atoms with Crippen LogP contribution in [0.15, 0.2) is 72.8 Å². The van der Waals surface area contributed by atoms with Crippen LogP contribution in [0.1, 0.15) is 48.8 Å². The first-order valence-corrected chi connectivity index (χ1v) is 13.6. The molecule has 3 aromatic rings. The van der Waals surface area contributed by atoms with Crippen molar-refractivity contribution in [1.82, 2.24) is 10.2 Å². The van der Waals surface area contributed by atoms with E-state index in [2.05, 4.69) is 5.32 Å². The predicted octanol–water partition coefficient (Wildman–Crippen LogP) is 5.47. The number of hydrogen-bond acceptors (Lipinski definition) is 4. The van der Waals surface area contributed by atoms with Crippen molar-refractivity contribution in [3.8, 4) is 11.5 Å². The first-order chi connectivity index (χ1) is 19.0. The zero-order valence-corrected chi connectivity index (χ0v) is 22.7. The highest BCUT2D eigenvalue weighted by atomic mass is 19.1. The van der Waals surface area contributed by atoms with Crippen LogP contribution in [0.3, 0.4) is 0 Å². The molecule has 7 heteroatoms. The highest BCUT2D eigenvalue weighted by Gasteiger charge is 2.32. The third kappa shape index (κ3) is 7.82. The lowest BCUT2D eigenvalue weighted by Crippen LogP contribution is -2.52. The minimum absolute atomic E-state index is 0.130. The summed E-state index contributed by atoms with van der Waals surface area (Å²) in [5.41, 5.74) is 2.67. The van der Waals surface area contributed by atoms with Crippen LogP contribution in [0.25, 0.3) is 0 Å². The number of hydrogen-bond donors (Lipinski definition) is 1. The zero-order valence-electron chi connectivity index (χ0n) is 22.7. The van der Waals surface area contributed by atoms with Gasteiger partial charge in [0.1, 0.15) is 11.9 Å². The van der Waals surface area contributed by atoms with E-state index < -0.39 is 6.04 Å². The molecule has 0 saturated heterocycles. The molecular formula is C32H37FN2O4. The fourth-order valence-electron chi connectivity index (χ4n) is 5.14. The Hall–Kier alpha value is -3.87. The Morgan fingerprint density at radius 3 is 2.23 bits per heavy atom. The molecule has 1 aliphatic carbocycles. The molecule has 1 atom stereocenters. The summed E-state index contributed by atoms with van der Waals surface area (Å²) in [5.74, 6) is 0.592. The molecule has 1 aliphatic rings. The fourth-order valence-corrected chi connectivity index (χ4v) is 5.14. The lowest BCUT2D eigenvalue weighted by atomic mass is 10.0. The maximum Gasteiger partial charge on any atom is 0.243 e. The molecule has 6 nitrogen and oxygen atoms in total. The van der Waals surface area contributed by atoms with E-state index in [-0.39, 0.29) is 36.6 Å². The quantitative estimate of drug-likeness (QED) is 0.336. The number of nitrogens with zero attached hydrogens (tertiary/aromatic N) is 1. The average molecular weight is 533 g/mol. The second kappa shape index (κ2) is 13.8. The lowest BCUT2D eigenvalue weighted by Gasteiger charge is -2.32. The molecule has 0 radical (unpaired) electrons. The number of carbonyl (C=O) groups excluding carboxylic acids is 2. The van der Waals surface area contributed by atoms with Crippen molar-refractivity contribution in [3.05, 3.63) is 95.3 Å². The summed E-state index contributed by atoms with van der Waals surface area (Å²) >= 11 is 0. The number of halogens is 1. The van der Waals surface area contributed by atoms with Gasteiger partial charge in [0.25, 0.3) is 0 Å². The van der Waals surface area contributed by atoms with Gasteiger partial charge in [0.15, 0.2) is 11.5 Å². The summed E-state index contributed by atoms with van der Waals surface area (Å²) in [6.45, 7) is 0.209. The Morgan fingerprint density at radius 1 is 0.897 bits per heavy atom. The smallest absolute Gasteiger partial charge is 0.243 e. The molecule has 1 saturated carbocycles. The van der Waals surface area contributed by atoms with Crippen molar-refractivity contribution < 1.29 is 23.5 Å². The molecule has 4 rings (SSSR count). The molecule has 1 unspecified atom stereocenters. The molecular weight excluding hydrogens is 495 g/mol. The highest BCUT2D eigenvalue weighted by molar-refractivity contribution is 5.88. The number of nitrogens with one attached hydrogen (secondary N) is 1. The number of benzene rings is 3. The normalized spacial score (nSPS) is 14.0. The largest absolute Gasteiger partial charge is 0.493 e. The van der Waals surface area contributed by atoms with Crippen molar-refractivity contribution in [3.63, 3.8) is 0 Å². The van der Waals surface area contributed by atoms with Gasteiger partial charge in [0, 0.05) is 25.4 Å². The molecule has 2 amide bonds. The van der Waals surface area contributed by atoms with E-state index in [1.54, 1.807) is 31.3 Å². The van der Waals surface area contributed by atoms with E-state index in [1.165, 1.54) is 12.1 Å². The van der Waals surface area contributed by atoms with Crippen LogP contribution in [0.2, 0.25) is 0 Å². The topological polar surface area (TPSA) is 67.9 Å². The van der Waals surface area contributed by atoms with Gasteiger partial charge >= 0.3 is 0 Å². The van der Waals surface area contributed by atoms with Gasteiger partial charge < -0.3 is 19.7 Å². The van der Waals surface area contributed by atoms with Crippen molar-refractivity contribution >= 4 is 11.8 Å². The number of methoxy groups -OCH3 is 2. The van der Waals surface area contributed by atoms with Crippen molar-refractivity contribution in [2.24, 2.45) is 0 Å². The van der Waals surface area contributed by atoms with Crippen LogP contribution >= 0.6 is 0 Å². The number of aryl methyl sites for hydroxylation is 1. The van der Waals surface area contributed by atoms with Gasteiger partial charge in [-0.25, -0.2) is 4.39 Å². The van der Waals surface area contributed by atoms with Crippen molar-refractivity contribution in [2.45, 2.75) is 63.6 Å². The van der Waals surface area contributed by atoms with Crippen LogP contribution < -0.4 is 14.8 Å². The number of ether oxygens (including phenoxy) is 2. The van der Waals surface area contributed by atoms with E-state index in [9.17, 15) is 14.0 Å². The van der Waals surface area contributed by atoms with E-state index in [0.717, 1.165) is 42.4 Å². The Kier molecular flexibility index (Phi) is 9.95. The number of amides is 2. The summed E-state index contributed by atoms with van der Waals surface area (Å²) < 4.78 is 24.4. The van der Waals surface area contributed by atoms with Gasteiger partial charge in [-0.05, 0) is 60.2 Å². The highest BCUT2D eigenvalue weighted by Crippen LogP contribution is 2.28. The molecule has 1 N–H and O–H groups in total. The minimum atomic E-state index is -0.698. The van der Waals surface area contributed by atoms with Gasteiger partial charge in [0.05, 0.1) is 14.2 Å². The second-order valence-corrected chi connectivity index (χ2v) is 10.0. The van der Waals surface area contributed by atoms with E-state index in [1.807, 2.05) is 48.5 Å². The molecule has 0 bridgehead atoms. The molecule has 0 aliphatic heterocycles. The summed E-state index contributed by atoms with van der Waals surface area (Å²) in [7, 11) is 3.16. The van der Waals surface area contributed by atoms with Gasteiger partial charge in [-0.2, -0.15) is 0 Å². The third-order valence-electron chi connectivity index (χ3n) is 7.31. The van der Waals surface area contributed by atoms with Gasteiger partial charge in [-0.3, -0.25) is 9.59 Å². The third-order valence-corrected chi connectivity index (χ3v) is 7.31. The Labute approximate surface area is 230 Å². The van der Waals surface area contributed by atoms with Crippen LogP contribution in [-0.2, 0) is 29.0 Å². The molecule has 39 heavy (non-hydrogen) atoms. The Bertz CT molecular complexity index is 1230. The maximum absolute atomic E-state index is 13.9. The fraction of sp³-hybridized carbons (Fsp3) is 0.375. The SMILES string of the molecule is COc1ccc(CCC(=O)N(Cc2ccc(F)cc2)C(Cc2ccccc2)C(=O)NC2CCCC2)cc1OC. The summed E-state index contributed by atoms with van der Waals surface area (Å²) in [6.07, 6.45) is 5.17. The molecule has 3 aromatic carbocycles. The average Bonchev–Trinajstić information content (AvgIpc) is 3.48. The van der Waals surface area contributed by atoms with Crippen LogP contribution in [-0.4, -0.2) is 43.0 Å². The lowest BCUT2D eigenvalue weighted by molar-refractivity contribution is -0.141. The van der Waals surface area contributed by atoms with Crippen LogP contribution in [0.4, 0.5) is 4.39 Å². The second-order valence-electron chi connectivity index (χ2n) is 10.0. The first kappa shape index (κ1) is 28.1. The summed E-state index contributed by atoms with van der Waals surface area (Å²) in [5, 5.41) is 3.21. The van der Waals surface area contributed by atoms with Crippen molar-refractivity contribution in [2.75, 3.05) is 14.2 Å². The standard InChI is InChI=1S/C32H37FN2O4/c1-38-29-18-14-24(21-30(29)39-2)15-19-31(36)35(22-25-12-16-26(33)17-13-25)28(20-23-8-4-3-5-9-23)32(37)34-27-10-6-7-11-27/h3-5,8-9,12-14,16-18,21,27-28H,6-7,10-11,15,19-20,22H2,1-2H3,(H,34,37). The van der Waals surface area contributed by atoms with Gasteiger partial charge in [0.2, 0.25) is 11.8 Å². The Balaban J connectivity index is 1.60. The maximum atomic E-state index is 13.9. The van der Waals surface area contributed by atoms with Gasteiger partial charge in [-0.15, -0.1) is 0 Å². The molecule has 0 heterocycles. The van der Waals surface area contributed by atoms with E-state index in [0.29, 0.717) is 24.3 Å². The van der Waals surface area contributed by atoms with Crippen molar-refractivity contribution in [1.29, 1.82) is 0 Å². The molecule has 206 valence electrons. The molecule has 0 aromatic heterocycles. The first-order valence-electron chi connectivity index (χ1n) is 13.6. The molecule has 0 spiro atoms. The Morgan fingerprint density at radius 2 is 1.56 bits per heavy atom. The molecule has 1 fully saturated rings. The summed E-state index contributed by atoms with van der Waals surface area (Å²) in [4.78, 5) is 29.2. The van der Waals surface area contributed by atoms with E-state index >= 15 is 0 Å². The van der Waals surface area contributed by atoms with Crippen LogP contribution in [0, 0.1) is 5.82 Å². The monoisotopic (exact) mass is 532 g/mol. The van der Waals surface area contributed by atoms with E-state index in [4.69, 9.17) is 9.47 Å². The zero-order chi connectivity index (χ0) is 27.6. The van der Waals surface area contributed by atoms with Crippen LogP contribution in [0.5, 0.6) is 11.5 Å².